The fraction of sp³-hybridized carbons (Fsp3) is 0.375. The number of anilines is 1. The van der Waals surface area contributed by atoms with Gasteiger partial charge < -0.3 is 0 Å². The summed E-state index contributed by atoms with van der Waals surface area (Å²) in [4.78, 5) is 15.9. The van der Waals surface area contributed by atoms with Gasteiger partial charge in [0.15, 0.2) is 0 Å². The van der Waals surface area contributed by atoms with Crippen LogP contribution in [0.3, 0.4) is 0 Å². The lowest BCUT2D eigenvalue weighted by atomic mass is 10.4. The fourth-order valence-corrected chi connectivity index (χ4v) is 2.07. The zero-order valence-corrected chi connectivity index (χ0v) is 9.61. The van der Waals surface area contributed by atoms with Crippen LogP contribution >= 0.6 is 11.3 Å². The topological polar surface area (TPSA) is 59.3 Å². The minimum atomic E-state index is -4.94. The number of nitrogens with one attached hydrogen (secondary N) is 1. The van der Waals surface area contributed by atoms with Crippen molar-refractivity contribution < 1.29 is 18.0 Å². The van der Waals surface area contributed by atoms with Crippen LogP contribution in [-0.2, 0) is 4.79 Å². The second kappa shape index (κ2) is 3.69. The maximum absolute atomic E-state index is 12.0. The van der Waals surface area contributed by atoms with Crippen molar-refractivity contribution in [2.24, 2.45) is 0 Å². The van der Waals surface area contributed by atoms with Crippen molar-refractivity contribution in [2.75, 3.05) is 5.32 Å². The molecule has 2 aromatic rings. The summed E-state index contributed by atoms with van der Waals surface area (Å²) in [6.07, 6.45) is -4.94. The third kappa shape index (κ3) is 2.09. The van der Waals surface area contributed by atoms with Gasteiger partial charge in [-0.2, -0.15) is 18.2 Å². The summed E-state index contributed by atoms with van der Waals surface area (Å²) in [5, 5.41) is 5.37. The van der Waals surface area contributed by atoms with E-state index in [0.717, 1.165) is 10.6 Å². The van der Waals surface area contributed by atoms with Crippen molar-refractivity contribution in [3.63, 3.8) is 0 Å². The summed E-state index contributed by atoms with van der Waals surface area (Å²) >= 11 is 1.29. The molecule has 0 saturated heterocycles. The van der Waals surface area contributed by atoms with E-state index < -0.39 is 12.1 Å². The Labute approximate surface area is 97.3 Å². The van der Waals surface area contributed by atoms with Crippen molar-refractivity contribution in [3.05, 3.63) is 10.6 Å². The normalized spacial score (nSPS) is 12.1. The number of alkyl halides is 3. The molecule has 0 aliphatic heterocycles. The van der Waals surface area contributed by atoms with Crippen LogP contribution < -0.4 is 5.32 Å². The highest BCUT2D eigenvalue weighted by Gasteiger charge is 2.39. The lowest BCUT2D eigenvalue weighted by Crippen LogP contribution is -2.30. The quantitative estimate of drug-likeness (QED) is 0.855. The molecule has 1 N–H and O–H groups in total. The van der Waals surface area contributed by atoms with Gasteiger partial charge in [0, 0.05) is 4.88 Å². The lowest BCUT2D eigenvalue weighted by molar-refractivity contribution is -0.167. The number of fused-ring (bicyclic) bond motifs is 1. The lowest BCUT2D eigenvalue weighted by Gasteiger charge is -2.03. The predicted molar refractivity (Wildman–Crippen MR) is 55.0 cm³/mol. The van der Waals surface area contributed by atoms with Gasteiger partial charge in [0.2, 0.25) is 4.96 Å². The van der Waals surface area contributed by atoms with E-state index in [-0.39, 0.29) is 5.95 Å². The molecule has 92 valence electrons. The summed E-state index contributed by atoms with van der Waals surface area (Å²) in [6, 6.07) is 0. The average molecular weight is 264 g/mol. The molecule has 0 aliphatic rings. The molecule has 0 aliphatic carbocycles. The van der Waals surface area contributed by atoms with E-state index >= 15 is 0 Å². The van der Waals surface area contributed by atoms with E-state index in [1.54, 1.807) is 12.2 Å². The summed E-state index contributed by atoms with van der Waals surface area (Å²) in [5.41, 5.74) is 0.782. The fourth-order valence-electron chi connectivity index (χ4n) is 1.17. The van der Waals surface area contributed by atoms with Crippen molar-refractivity contribution in [1.29, 1.82) is 0 Å². The molecule has 5 nitrogen and oxygen atoms in total. The van der Waals surface area contributed by atoms with E-state index in [1.807, 2.05) is 6.92 Å². The average Bonchev–Trinajstić information content (AvgIpc) is 2.67. The second-order valence-corrected chi connectivity index (χ2v) is 4.51. The predicted octanol–water partition coefficient (Wildman–Crippen LogP) is 1.91. The van der Waals surface area contributed by atoms with Crippen LogP contribution in [-0.4, -0.2) is 26.7 Å². The molecule has 0 radical (unpaired) electrons. The molecule has 2 aromatic heterocycles. The van der Waals surface area contributed by atoms with Crippen LogP contribution in [0.25, 0.3) is 4.96 Å². The third-order valence-electron chi connectivity index (χ3n) is 2.13. The molecule has 0 unspecified atom stereocenters. The van der Waals surface area contributed by atoms with Gasteiger partial charge >= 0.3 is 12.1 Å². The van der Waals surface area contributed by atoms with E-state index in [4.69, 9.17) is 0 Å². The molecular formula is C8H7F3N4OS. The highest BCUT2D eigenvalue weighted by Crippen LogP contribution is 2.22. The number of carbonyl (C=O) groups excluding carboxylic acids is 1. The zero-order valence-electron chi connectivity index (χ0n) is 8.79. The number of halogens is 3. The van der Waals surface area contributed by atoms with E-state index in [1.165, 1.54) is 15.9 Å². The van der Waals surface area contributed by atoms with Crippen LogP contribution in [0.15, 0.2) is 0 Å². The molecule has 0 spiro atoms. The minimum absolute atomic E-state index is 0.346. The first-order chi connectivity index (χ1) is 7.79. The van der Waals surface area contributed by atoms with Crippen LogP contribution in [0.2, 0.25) is 0 Å². The number of aromatic nitrogens is 3. The maximum Gasteiger partial charge on any atom is 0.471 e. The Kier molecular flexibility index (Phi) is 2.57. The second-order valence-electron chi connectivity index (χ2n) is 3.33. The number of amides is 1. The minimum Gasteiger partial charge on any atom is -0.285 e. The van der Waals surface area contributed by atoms with Crippen molar-refractivity contribution in [2.45, 2.75) is 20.0 Å². The summed E-state index contributed by atoms with van der Waals surface area (Å²) < 4.78 is 37.4. The molecule has 0 atom stereocenters. The summed E-state index contributed by atoms with van der Waals surface area (Å²) in [6.45, 7) is 3.62. The number of carbonyl (C=O) groups is 1. The zero-order chi connectivity index (χ0) is 12.8. The van der Waals surface area contributed by atoms with Gasteiger partial charge in [0.05, 0.1) is 5.69 Å². The molecule has 9 heteroatoms. The van der Waals surface area contributed by atoms with Gasteiger partial charge in [0.25, 0.3) is 5.95 Å². The smallest absolute Gasteiger partial charge is 0.285 e. The molecule has 1 amide bonds. The molecule has 2 heterocycles. The van der Waals surface area contributed by atoms with Gasteiger partial charge in [-0.25, -0.2) is 4.52 Å². The van der Waals surface area contributed by atoms with Crippen molar-refractivity contribution in [3.8, 4) is 0 Å². The van der Waals surface area contributed by atoms with Crippen LogP contribution in [0.5, 0.6) is 0 Å². The number of rotatable bonds is 1. The Balaban J connectivity index is 2.30. The Morgan fingerprint density at radius 3 is 2.59 bits per heavy atom. The number of thiazole rings is 1. The molecule has 2 rings (SSSR count). The first kappa shape index (κ1) is 11.8. The highest BCUT2D eigenvalue weighted by molar-refractivity contribution is 7.17. The highest BCUT2D eigenvalue weighted by atomic mass is 32.1. The molecule has 17 heavy (non-hydrogen) atoms. The number of hydrogen-bond acceptors (Lipinski definition) is 4. The standard InChI is InChI=1S/C8H7F3N4OS/c1-3-4(2)17-7-13-6(14-15(3)7)12-5(16)8(9,10)11/h1-2H3,(H,12,14,16). The molecule has 0 aromatic carbocycles. The Morgan fingerprint density at radius 1 is 1.41 bits per heavy atom. The van der Waals surface area contributed by atoms with Crippen LogP contribution in [0.1, 0.15) is 10.6 Å². The third-order valence-corrected chi connectivity index (χ3v) is 3.18. The van der Waals surface area contributed by atoms with Gasteiger partial charge in [-0.15, -0.1) is 5.10 Å². The SMILES string of the molecule is Cc1sc2nc(NC(=O)C(F)(F)F)nn2c1C. The Bertz CT molecular complexity index is 585. The first-order valence-electron chi connectivity index (χ1n) is 4.50. The molecule has 0 bridgehead atoms. The monoisotopic (exact) mass is 264 g/mol. The number of hydrogen-bond donors (Lipinski definition) is 1. The van der Waals surface area contributed by atoms with E-state index in [9.17, 15) is 18.0 Å². The summed E-state index contributed by atoms with van der Waals surface area (Å²) in [5.74, 6) is -2.42. The Morgan fingerprint density at radius 2 is 2.06 bits per heavy atom. The Hall–Kier alpha value is -1.64. The van der Waals surface area contributed by atoms with Crippen molar-refractivity contribution >= 4 is 28.2 Å². The van der Waals surface area contributed by atoms with Gasteiger partial charge in [0.1, 0.15) is 0 Å². The van der Waals surface area contributed by atoms with Gasteiger partial charge in [-0.3, -0.25) is 10.1 Å². The summed E-state index contributed by atoms with van der Waals surface area (Å²) in [7, 11) is 0. The van der Waals surface area contributed by atoms with Gasteiger partial charge in [-0.1, -0.05) is 11.3 Å². The van der Waals surface area contributed by atoms with E-state index in [0.29, 0.717) is 4.96 Å². The molecule has 0 fully saturated rings. The number of aryl methyl sites for hydroxylation is 2. The van der Waals surface area contributed by atoms with Crippen LogP contribution in [0, 0.1) is 13.8 Å². The maximum atomic E-state index is 12.0. The molecule has 0 saturated carbocycles. The largest absolute Gasteiger partial charge is 0.471 e. The van der Waals surface area contributed by atoms with Gasteiger partial charge in [-0.05, 0) is 13.8 Å². The van der Waals surface area contributed by atoms with E-state index in [2.05, 4.69) is 10.1 Å². The first-order valence-corrected chi connectivity index (χ1v) is 5.31. The van der Waals surface area contributed by atoms with Crippen LogP contribution in [0.4, 0.5) is 19.1 Å². The molecular weight excluding hydrogens is 257 g/mol. The number of nitrogens with zero attached hydrogens (tertiary/aromatic N) is 3. The van der Waals surface area contributed by atoms with Crippen molar-refractivity contribution in [1.82, 2.24) is 14.6 Å².